The van der Waals surface area contributed by atoms with Gasteiger partial charge in [-0.2, -0.15) is 5.95 Å². The SMILES string of the molecule is C=CC1=C(C)C2=NC1=CC1=NC(=CC3=C(C)C(=C([O-])[O-])C(=N3)C(CC(=O)O)=C3NC(=C2)C(C)C3CCC(=O)O)C(CC)=C1C.[Mg+2]. The molecule has 45 heavy (non-hydrogen) atoms. The summed E-state index contributed by atoms with van der Waals surface area (Å²) in [6, 6.07) is 0. The summed E-state index contributed by atoms with van der Waals surface area (Å²) in [5, 5.41) is 48.0. The number of fused-ring (bicyclic) bond motifs is 5. The van der Waals surface area contributed by atoms with Gasteiger partial charge in [0.1, 0.15) is 0 Å². The fourth-order valence-corrected chi connectivity index (χ4v) is 6.45. The van der Waals surface area contributed by atoms with Crippen molar-refractivity contribution in [3.05, 3.63) is 104 Å². The molecule has 0 aromatic heterocycles. The van der Waals surface area contributed by atoms with Crippen LogP contribution in [0.1, 0.15) is 60.3 Å². The standard InChI is InChI=1S/C34H36N4O6.Mg/c1-7-19-15(3)23-12-25-17(5)21(9-10-29(39)40)32(37-25)22(11-30(41)42)33-31(34(43)44)18(6)26(38-33)14-28-20(8-2)16(4)24(36-28)13-27(19)35-23;/h7,12-14,17,21,37,43-44H,1,8-11H2,2-6H3,(H,39,40)(H,41,42);/q;+2/p-2. The van der Waals surface area contributed by atoms with Crippen molar-refractivity contribution in [3.63, 3.8) is 0 Å². The zero-order valence-corrected chi connectivity index (χ0v) is 27.5. The van der Waals surface area contributed by atoms with Gasteiger partial charge in [-0.1, -0.05) is 26.5 Å². The van der Waals surface area contributed by atoms with Gasteiger partial charge >= 0.3 is 35.0 Å². The number of nitrogens with one attached hydrogen (secondary N) is 1. The van der Waals surface area contributed by atoms with Crippen LogP contribution in [-0.2, 0) is 9.59 Å². The number of carbonyl (C=O) groups is 2. The molecule has 11 heteroatoms. The van der Waals surface area contributed by atoms with E-state index in [1.807, 2.05) is 39.8 Å². The Hall–Kier alpha value is -4.22. The number of aliphatic imine (C=N–C) groups is 3. The summed E-state index contributed by atoms with van der Waals surface area (Å²) in [4.78, 5) is 38.4. The van der Waals surface area contributed by atoms with Crippen LogP contribution < -0.4 is 15.5 Å². The molecular formula is C34H34MgN4O6. The van der Waals surface area contributed by atoms with Crippen molar-refractivity contribution in [2.75, 3.05) is 0 Å². The summed E-state index contributed by atoms with van der Waals surface area (Å²) in [5.74, 6) is -4.37. The van der Waals surface area contributed by atoms with Gasteiger partial charge in [-0.25, -0.2) is 15.0 Å². The molecule has 5 rings (SSSR count). The predicted molar refractivity (Wildman–Crippen MR) is 170 cm³/mol. The molecule has 10 nitrogen and oxygen atoms in total. The molecule has 5 heterocycles. The average Bonchev–Trinajstić information content (AvgIpc) is 3.63. The van der Waals surface area contributed by atoms with Crippen molar-refractivity contribution in [1.82, 2.24) is 5.32 Å². The Morgan fingerprint density at radius 3 is 2.22 bits per heavy atom. The van der Waals surface area contributed by atoms with Gasteiger partial charge in [0.05, 0.1) is 40.6 Å². The van der Waals surface area contributed by atoms with Crippen LogP contribution >= 0.6 is 0 Å². The number of aliphatic carboxylic acids is 2. The molecule has 0 aromatic rings. The van der Waals surface area contributed by atoms with Crippen LogP contribution in [0, 0.1) is 11.8 Å². The van der Waals surface area contributed by atoms with Crippen LogP contribution in [-0.4, -0.2) is 62.3 Å². The number of carboxylic acids is 2. The smallest absolute Gasteiger partial charge is 0.883 e. The second kappa shape index (κ2) is 13.0. The summed E-state index contributed by atoms with van der Waals surface area (Å²) >= 11 is 0. The van der Waals surface area contributed by atoms with E-state index in [-0.39, 0.29) is 58.7 Å². The fraction of sp³-hybridized carbons (Fsp3) is 0.324. The Bertz CT molecular complexity index is 1770. The van der Waals surface area contributed by atoms with Gasteiger partial charge in [-0.3, -0.25) is 9.59 Å². The summed E-state index contributed by atoms with van der Waals surface area (Å²) in [5.41, 5.74) is 8.20. The molecule has 0 spiro atoms. The van der Waals surface area contributed by atoms with Crippen molar-refractivity contribution in [2.45, 2.75) is 60.3 Å². The molecule has 0 aliphatic carbocycles. The predicted octanol–water partition coefficient (Wildman–Crippen LogP) is 3.52. The number of carboxylic acid groups (broad SMARTS) is 2. The van der Waals surface area contributed by atoms with Crippen molar-refractivity contribution in [2.24, 2.45) is 26.8 Å². The summed E-state index contributed by atoms with van der Waals surface area (Å²) in [6.45, 7) is 13.5. The molecule has 0 amide bonds. The van der Waals surface area contributed by atoms with Gasteiger partial charge in [-0.15, -0.1) is 0 Å². The Balaban J connectivity index is 0.00000461. The van der Waals surface area contributed by atoms with Gasteiger partial charge in [0.2, 0.25) is 0 Å². The van der Waals surface area contributed by atoms with Crippen LogP contribution in [0.4, 0.5) is 0 Å². The normalized spacial score (nSPS) is 22.4. The molecule has 228 valence electrons. The van der Waals surface area contributed by atoms with Gasteiger partial charge in [0.25, 0.3) is 0 Å². The topological polar surface area (TPSA) is 170 Å². The first-order valence-corrected chi connectivity index (χ1v) is 14.6. The van der Waals surface area contributed by atoms with E-state index in [2.05, 4.69) is 11.9 Å². The molecule has 2 atom stereocenters. The Kier molecular flexibility index (Phi) is 9.74. The van der Waals surface area contributed by atoms with Gasteiger partial charge in [-0.05, 0) is 79.7 Å². The zero-order chi connectivity index (χ0) is 32.0. The van der Waals surface area contributed by atoms with Gasteiger partial charge in [0, 0.05) is 40.8 Å². The monoisotopic (exact) mass is 618 g/mol. The Labute approximate surface area is 278 Å². The maximum atomic E-state index is 12.6. The van der Waals surface area contributed by atoms with Crippen molar-refractivity contribution < 1.29 is 30.0 Å². The summed E-state index contributed by atoms with van der Waals surface area (Å²) < 4.78 is 0. The molecule has 2 unspecified atom stereocenters. The Morgan fingerprint density at radius 2 is 1.62 bits per heavy atom. The summed E-state index contributed by atoms with van der Waals surface area (Å²) in [6.07, 6.45) is 7.45. The van der Waals surface area contributed by atoms with E-state index in [1.165, 1.54) is 0 Å². The number of nitrogens with zero attached hydrogens (tertiary/aromatic N) is 3. The first-order chi connectivity index (χ1) is 20.9. The third-order valence-corrected chi connectivity index (χ3v) is 8.87. The van der Waals surface area contributed by atoms with E-state index >= 15 is 0 Å². The van der Waals surface area contributed by atoms with E-state index < -0.39 is 30.2 Å². The minimum absolute atomic E-state index is 0. The van der Waals surface area contributed by atoms with E-state index in [0.29, 0.717) is 46.2 Å². The zero-order valence-electron chi connectivity index (χ0n) is 26.1. The van der Waals surface area contributed by atoms with Crippen LogP contribution in [0.25, 0.3) is 0 Å². The minimum atomic E-state index is -1.48. The third-order valence-electron chi connectivity index (χ3n) is 8.87. The molecule has 5 aliphatic rings. The first-order valence-electron chi connectivity index (χ1n) is 14.6. The fourth-order valence-electron chi connectivity index (χ4n) is 6.45. The second-order valence-corrected chi connectivity index (χ2v) is 11.4. The molecule has 1 saturated heterocycles. The molecule has 5 aliphatic heterocycles. The van der Waals surface area contributed by atoms with E-state index in [0.717, 1.165) is 28.0 Å². The third kappa shape index (κ3) is 6.06. The number of rotatable bonds is 7. The maximum absolute atomic E-state index is 12.6. The van der Waals surface area contributed by atoms with Crippen molar-refractivity contribution in [3.8, 4) is 0 Å². The summed E-state index contributed by atoms with van der Waals surface area (Å²) in [7, 11) is 0. The molecule has 0 aromatic carbocycles. The van der Waals surface area contributed by atoms with Crippen molar-refractivity contribution in [1.29, 1.82) is 0 Å². The van der Waals surface area contributed by atoms with Crippen LogP contribution in [0.5, 0.6) is 0 Å². The maximum Gasteiger partial charge on any atom is 2.00 e. The van der Waals surface area contributed by atoms with Crippen LogP contribution in [0.2, 0.25) is 0 Å². The van der Waals surface area contributed by atoms with E-state index in [9.17, 15) is 30.0 Å². The quantitative estimate of drug-likeness (QED) is 0.289. The van der Waals surface area contributed by atoms with E-state index in [4.69, 9.17) is 15.0 Å². The largest absolute Gasteiger partial charge is 2.00 e. The van der Waals surface area contributed by atoms with Gasteiger partial charge in [0.15, 0.2) is 0 Å². The molecule has 0 radical (unpaired) electrons. The number of hydrogen-bond acceptors (Lipinski definition) is 8. The average molecular weight is 619 g/mol. The number of allylic oxidation sites excluding steroid dienone is 11. The van der Waals surface area contributed by atoms with Crippen LogP contribution in [0.3, 0.4) is 0 Å². The Morgan fingerprint density at radius 1 is 0.956 bits per heavy atom. The number of hydrogen-bond donors (Lipinski definition) is 3. The molecule has 3 N–H and O–H groups in total. The molecule has 8 bridgehead atoms. The van der Waals surface area contributed by atoms with E-state index in [1.54, 1.807) is 19.1 Å². The first kappa shape index (κ1) is 33.7. The van der Waals surface area contributed by atoms with Crippen molar-refractivity contribution >= 4 is 52.1 Å². The van der Waals surface area contributed by atoms with Gasteiger partial charge < -0.3 is 25.7 Å². The molecule has 1 fully saturated rings. The molecular weight excluding hydrogens is 585 g/mol. The van der Waals surface area contributed by atoms with Crippen LogP contribution in [0.15, 0.2) is 119 Å². The second-order valence-electron chi connectivity index (χ2n) is 11.4. The molecule has 0 saturated carbocycles. The minimum Gasteiger partial charge on any atom is -0.883 e.